The molecular formula is C15H14N4OS. The van der Waals surface area contributed by atoms with E-state index >= 15 is 0 Å². The molecule has 0 amide bonds. The van der Waals surface area contributed by atoms with Crippen LogP contribution in [-0.2, 0) is 0 Å². The third-order valence-corrected chi connectivity index (χ3v) is 4.39. The first-order valence-corrected chi connectivity index (χ1v) is 7.60. The van der Waals surface area contributed by atoms with Crippen LogP contribution >= 0.6 is 11.8 Å². The van der Waals surface area contributed by atoms with Gasteiger partial charge in [0.1, 0.15) is 0 Å². The molecule has 0 atom stereocenters. The fourth-order valence-electron chi connectivity index (χ4n) is 2.26. The van der Waals surface area contributed by atoms with Gasteiger partial charge < -0.3 is 4.90 Å². The molecule has 1 aromatic carbocycles. The smallest absolute Gasteiger partial charge is 0.266 e. The lowest BCUT2D eigenvalue weighted by Gasteiger charge is -2.15. The molecule has 1 saturated heterocycles. The Morgan fingerprint density at radius 1 is 1.24 bits per heavy atom. The molecule has 2 aromatic rings. The van der Waals surface area contributed by atoms with Crippen molar-refractivity contribution in [3.8, 4) is 6.07 Å². The third kappa shape index (κ3) is 3.09. The zero-order chi connectivity index (χ0) is 14.7. The Hall–Kier alpha value is -2.26. The highest BCUT2D eigenvalue weighted by molar-refractivity contribution is 7.99. The first kappa shape index (κ1) is 13.7. The quantitative estimate of drug-likeness (QED) is 0.942. The zero-order valence-electron chi connectivity index (χ0n) is 11.4. The lowest BCUT2D eigenvalue weighted by Crippen LogP contribution is -2.24. The van der Waals surface area contributed by atoms with Crippen molar-refractivity contribution in [3.05, 3.63) is 46.4 Å². The van der Waals surface area contributed by atoms with Gasteiger partial charge in [0.25, 0.3) is 5.56 Å². The van der Waals surface area contributed by atoms with Gasteiger partial charge in [-0.25, -0.2) is 4.98 Å². The van der Waals surface area contributed by atoms with E-state index in [0.717, 1.165) is 30.8 Å². The maximum absolute atomic E-state index is 12.1. The number of nitriles is 1. The number of hydrogen-bond acceptors (Lipinski definition) is 5. The van der Waals surface area contributed by atoms with Crippen molar-refractivity contribution in [2.24, 2.45) is 0 Å². The summed E-state index contributed by atoms with van der Waals surface area (Å²) >= 11 is 1.35. The van der Waals surface area contributed by atoms with Gasteiger partial charge in [0.05, 0.1) is 22.7 Å². The van der Waals surface area contributed by atoms with Gasteiger partial charge in [0, 0.05) is 18.0 Å². The number of hydrogen-bond donors (Lipinski definition) is 1. The summed E-state index contributed by atoms with van der Waals surface area (Å²) in [6, 6.07) is 9.21. The summed E-state index contributed by atoms with van der Waals surface area (Å²) in [6.07, 6.45) is 3.91. The summed E-state index contributed by atoms with van der Waals surface area (Å²) < 4.78 is 0. The van der Waals surface area contributed by atoms with Gasteiger partial charge in [-0.15, -0.1) is 0 Å². The number of nitrogens with zero attached hydrogens (tertiary/aromatic N) is 3. The minimum absolute atomic E-state index is 0.124. The second-order valence-electron chi connectivity index (χ2n) is 4.83. The van der Waals surface area contributed by atoms with Crippen LogP contribution in [0.15, 0.2) is 45.0 Å². The predicted octanol–water partition coefficient (Wildman–Crippen LogP) is 2.39. The average molecular weight is 298 g/mol. The van der Waals surface area contributed by atoms with Crippen LogP contribution in [0.3, 0.4) is 0 Å². The van der Waals surface area contributed by atoms with Crippen molar-refractivity contribution in [3.63, 3.8) is 0 Å². The van der Waals surface area contributed by atoms with E-state index in [-0.39, 0.29) is 5.56 Å². The van der Waals surface area contributed by atoms with Crippen LogP contribution in [0.5, 0.6) is 0 Å². The van der Waals surface area contributed by atoms with Gasteiger partial charge >= 0.3 is 0 Å². The van der Waals surface area contributed by atoms with Crippen LogP contribution in [0.1, 0.15) is 18.4 Å². The molecule has 0 aliphatic carbocycles. The van der Waals surface area contributed by atoms with E-state index in [1.54, 1.807) is 18.3 Å². The van der Waals surface area contributed by atoms with Gasteiger partial charge in [-0.3, -0.25) is 9.78 Å². The molecule has 21 heavy (non-hydrogen) atoms. The topological polar surface area (TPSA) is 72.8 Å². The zero-order valence-corrected chi connectivity index (χ0v) is 12.2. The summed E-state index contributed by atoms with van der Waals surface area (Å²) in [5.74, 6) is 0.654. The fraction of sp³-hybridized carbons (Fsp3) is 0.267. The maximum atomic E-state index is 12.1. The lowest BCUT2D eigenvalue weighted by molar-refractivity contribution is 0.875. The Kier molecular flexibility index (Phi) is 3.93. The van der Waals surface area contributed by atoms with Crippen molar-refractivity contribution < 1.29 is 0 Å². The number of aromatic amines is 1. The van der Waals surface area contributed by atoms with Crippen molar-refractivity contribution >= 4 is 17.7 Å². The first-order valence-electron chi connectivity index (χ1n) is 6.78. The van der Waals surface area contributed by atoms with E-state index in [2.05, 4.69) is 20.9 Å². The summed E-state index contributed by atoms with van der Waals surface area (Å²) in [5, 5.41) is 8.77. The Bertz CT molecular complexity index is 727. The Morgan fingerprint density at radius 2 is 1.95 bits per heavy atom. The van der Waals surface area contributed by atoms with E-state index in [0.29, 0.717) is 16.4 Å². The SMILES string of the molecule is N#Cc1ccc(Sc2cnc(N3CCCC3)[nH]c2=O)cc1. The van der Waals surface area contributed by atoms with Crippen molar-refractivity contribution in [1.29, 1.82) is 5.26 Å². The molecule has 1 aliphatic rings. The predicted molar refractivity (Wildman–Crippen MR) is 81.6 cm³/mol. The Balaban J connectivity index is 1.79. The van der Waals surface area contributed by atoms with Crippen LogP contribution in [0.2, 0.25) is 0 Å². The van der Waals surface area contributed by atoms with Crippen LogP contribution < -0.4 is 10.5 Å². The molecule has 1 aromatic heterocycles. The molecule has 106 valence electrons. The lowest BCUT2D eigenvalue weighted by atomic mass is 10.2. The highest BCUT2D eigenvalue weighted by Crippen LogP contribution is 2.25. The molecular weight excluding hydrogens is 284 g/mol. The number of nitrogens with one attached hydrogen (secondary N) is 1. The van der Waals surface area contributed by atoms with Crippen LogP contribution in [-0.4, -0.2) is 23.1 Å². The highest BCUT2D eigenvalue weighted by atomic mass is 32.2. The van der Waals surface area contributed by atoms with Gasteiger partial charge in [0.15, 0.2) is 0 Å². The van der Waals surface area contributed by atoms with Crippen LogP contribution in [0, 0.1) is 11.3 Å². The first-order chi connectivity index (χ1) is 10.3. The Labute approximate surface area is 126 Å². The minimum atomic E-state index is -0.124. The largest absolute Gasteiger partial charge is 0.342 e. The molecule has 3 rings (SSSR count). The normalized spacial score (nSPS) is 14.1. The molecule has 6 heteroatoms. The number of aromatic nitrogens is 2. The van der Waals surface area contributed by atoms with Gasteiger partial charge in [-0.2, -0.15) is 5.26 Å². The second-order valence-corrected chi connectivity index (χ2v) is 5.95. The summed E-state index contributed by atoms with van der Waals surface area (Å²) in [4.78, 5) is 22.9. The van der Waals surface area contributed by atoms with Crippen molar-refractivity contribution in [2.45, 2.75) is 22.6 Å². The summed E-state index contributed by atoms with van der Waals surface area (Å²) in [6.45, 7) is 1.90. The van der Waals surface area contributed by atoms with Gasteiger partial charge in [-0.05, 0) is 37.1 Å². The molecule has 0 saturated carbocycles. The standard InChI is InChI=1S/C15H14N4OS/c16-9-11-3-5-12(6-4-11)21-13-10-17-15(18-14(13)20)19-7-1-2-8-19/h3-6,10H,1-2,7-8H2,(H,17,18,20). The number of anilines is 1. The molecule has 0 radical (unpaired) electrons. The van der Waals surface area contributed by atoms with Crippen LogP contribution in [0.4, 0.5) is 5.95 Å². The molecule has 1 fully saturated rings. The van der Waals surface area contributed by atoms with E-state index in [4.69, 9.17) is 5.26 Å². The second kappa shape index (κ2) is 6.02. The molecule has 2 heterocycles. The van der Waals surface area contributed by atoms with Crippen LogP contribution in [0.25, 0.3) is 0 Å². The molecule has 0 spiro atoms. The molecule has 0 bridgehead atoms. The number of H-pyrrole nitrogens is 1. The van der Waals surface area contributed by atoms with E-state index < -0.39 is 0 Å². The van der Waals surface area contributed by atoms with Crippen molar-refractivity contribution in [2.75, 3.05) is 18.0 Å². The van der Waals surface area contributed by atoms with E-state index in [9.17, 15) is 4.79 Å². The monoisotopic (exact) mass is 298 g/mol. The Morgan fingerprint density at radius 3 is 2.57 bits per heavy atom. The van der Waals surface area contributed by atoms with Crippen molar-refractivity contribution in [1.82, 2.24) is 9.97 Å². The maximum Gasteiger partial charge on any atom is 0.266 e. The van der Waals surface area contributed by atoms with E-state index in [1.807, 2.05) is 12.1 Å². The third-order valence-electron chi connectivity index (χ3n) is 3.37. The molecule has 1 aliphatic heterocycles. The average Bonchev–Trinajstić information content (AvgIpc) is 3.04. The van der Waals surface area contributed by atoms with Gasteiger partial charge in [0.2, 0.25) is 5.95 Å². The molecule has 5 nitrogen and oxygen atoms in total. The summed E-state index contributed by atoms with van der Waals surface area (Å²) in [7, 11) is 0. The summed E-state index contributed by atoms with van der Waals surface area (Å²) in [5.41, 5.74) is 0.483. The molecule has 0 unspecified atom stereocenters. The molecule has 1 N–H and O–H groups in total. The minimum Gasteiger partial charge on any atom is -0.342 e. The number of rotatable bonds is 3. The number of benzene rings is 1. The fourth-order valence-corrected chi connectivity index (χ4v) is 3.04. The van der Waals surface area contributed by atoms with E-state index in [1.165, 1.54) is 11.8 Å². The van der Waals surface area contributed by atoms with Gasteiger partial charge in [-0.1, -0.05) is 11.8 Å². The highest BCUT2D eigenvalue weighted by Gasteiger charge is 2.15.